The highest BCUT2D eigenvalue weighted by Gasteiger charge is 2.40. The minimum absolute atomic E-state index is 0.0203. The normalized spacial score (nSPS) is 16.7. The van der Waals surface area contributed by atoms with Gasteiger partial charge in [-0.2, -0.15) is 0 Å². The summed E-state index contributed by atoms with van der Waals surface area (Å²) in [6, 6.07) is 7.89. The maximum Gasteiger partial charge on any atom is 0.322 e. The van der Waals surface area contributed by atoms with Gasteiger partial charge in [0.25, 0.3) is 0 Å². The summed E-state index contributed by atoms with van der Waals surface area (Å²) in [6.07, 6.45) is 5.31. The van der Waals surface area contributed by atoms with Crippen LogP contribution in [0.5, 0.6) is 0 Å². The van der Waals surface area contributed by atoms with E-state index in [-0.39, 0.29) is 11.6 Å². The molecule has 1 aromatic rings. The van der Waals surface area contributed by atoms with Gasteiger partial charge < -0.3 is 16.0 Å². The first-order chi connectivity index (χ1) is 10.1. The molecule has 3 N–H and O–H groups in total. The van der Waals surface area contributed by atoms with Crippen LogP contribution in [0.3, 0.4) is 0 Å². The Kier molecular flexibility index (Phi) is 5.23. The first-order valence-electron chi connectivity index (χ1n) is 7.96. The van der Waals surface area contributed by atoms with Crippen LogP contribution in [0.15, 0.2) is 24.3 Å². The summed E-state index contributed by atoms with van der Waals surface area (Å²) in [7, 11) is 0. The van der Waals surface area contributed by atoms with E-state index in [4.69, 9.17) is 5.73 Å². The summed E-state index contributed by atoms with van der Waals surface area (Å²) < 4.78 is 0. The summed E-state index contributed by atoms with van der Waals surface area (Å²) in [5, 5.41) is 3.02. The molecule has 1 aliphatic carbocycles. The number of carbonyl (C=O) groups is 1. The van der Waals surface area contributed by atoms with Gasteiger partial charge in [-0.15, -0.1) is 0 Å². The third-order valence-corrected chi connectivity index (χ3v) is 4.48. The summed E-state index contributed by atoms with van der Waals surface area (Å²) in [5.41, 5.74) is 7.91. The van der Waals surface area contributed by atoms with Gasteiger partial charge in [0, 0.05) is 18.8 Å². The molecule has 0 aliphatic heterocycles. The molecule has 0 heterocycles. The number of hydrogen-bond acceptors (Lipinski definition) is 2. The van der Waals surface area contributed by atoms with Gasteiger partial charge in [-0.1, -0.05) is 37.5 Å². The van der Waals surface area contributed by atoms with Gasteiger partial charge >= 0.3 is 6.03 Å². The van der Waals surface area contributed by atoms with Crippen LogP contribution in [0, 0.1) is 6.92 Å². The maximum absolute atomic E-state index is 12.7. The van der Waals surface area contributed by atoms with E-state index >= 15 is 0 Å². The molecule has 1 saturated carbocycles. The zero-order valence-electron chi connectivity index (χ0n) is 13.2. The van der Waals surface area contributed by atoms with Crippen molar-refractivity contribution in [1.29, 1.82) is 0 Å². The molecular weight excluding hydrogens is 262 g/mol. The van der Waals surface area contributed by atoms with E-state index in [0.29, 0.717) is 6.54 Å². The van der Waals surface area contributed by atoms with E-state index in [1.54, 1.807) is 0 Å². The van der Waals surface area contributed by atoms with Gasteiger partial charge in [0.05, 0.1) is 5.54 Å². The number of hydrogen-bond donors (Lipinski definition) is 2. The third-order valence-electron chi connectivity index (χ3n) is 4.48. The Labute approximate surface area is 127 Å². The van der Waals surface area contributed by atoms with Crippen molar-refractivity contribution in [3.8, 4) is 0 Å². The van der Waals surface area contributed by atoms with Gasteiger partial charge in [0.1, 0.15) is 0 Å². The van der Waals surface area contributed by atoms with Crippen molar-refractivity contribution < 1.29 is 4.79 Å². The van der Waals surface area contributed by atoms with Crippen LogP contribution in [0.2, 0.25) is 0 Å². The molecule has 0 atom stereocenters. The van der Waals surface area contributed by atoms with Crippen LogP contribution in [0.4, 0.5) is 10.5 Å². The highest BCUT2D eigenvalue weighted by Crippen LogP contribution is 2.35. The average molecular weight is 289 g/mol. The minimum Gasteiger partial charge on any atom is -0.328 e. The van der Waals surface area contributed by atoms with Crippen molar-refractivity contribution in [3.05, 3.63) is 29.8 Å². The number of amides is 2. The highest BCUT2D eigenvalue weighted by atomic mass is 16.2. The Balaban J connectivity index is 2.13. The lowest BCUT2D eigenvalue weighted by Gasteiger charge is -2.40. The lowest BCUT2D eigenvalue weighted by atomic mass is 9.95. The number of benzene rings is 1. The monoisotopic (exact) mass is 289 g/mol. The summed E-state index contributed by atoms with van der Waals surface area (Å²) in [6.45, 7) is 5.45. The molecule has 2 amide bonds. The second-order valence-electron chi connectivity index (χ2n) is 6.08. The predicted molar refractivity (Wildman–Crippen MR) is 87.4 cm³/mol. The molecule has 0 radical (unpaired) electrons. The van der Waals surface area contributed by atoms with Crippen LogP contribution in [0.25, 0.3) is 0 Å². The lowest BCUT2D eigenvalue weighted by molar-refractivity contribution is 0.129. The van der Waals surface area contributed by atoms with E-state index in [0.717, 1.165) is 44.3 Å². The van der Waals surface area contributed by atoms with E-state index in [2.05, 4.69) is 12.2 Å². The zero-order chi connectivity index (χ0) is 15.3. The van der Waals surface area contributed by atoms with Crippen LogP contribution < -0.4 is 11.1 Å². The van der Waals surface area contributed by atoms with E-state index < -0.39 is 0 Å². The fraction of sp³-hybridized carbons (Fsp3) is 0.588. The Hall–Kier alpha value is -1.55. The smallest absolute Gasteiger partial charge is 0.322 e. The van der Waals surface area contributed by atoms with Gasteiger partial charge in [-0.05, 0) is 38.3 Å². The molecule has 0 unspecified atom stereocenters. The van der Waals surface area contributed by atoms with Gasteiger partial charge in [0.15, 0.2) is 0 Å². The summed E-state index contributed by atoms with van der Waals surface area (Å²) >= 11 is 0. The Bertz CT molecular complexity index is 463. The maximum atomic E-state index is 12.7. The SMILES string of the molecule is CCCN(C(=O)Nc1ccc(C)cc1)C1(CN)CCCC1. The van der Waals surface area contributed by atoms with Crippen molar-refractivity contribution in [2.45, 2.75) is 51.5 Å². The number of nitrogens with zero attached hydrogens (tertiary/aromatic N) is 1. The molecule has 0 aromatic heterocycles. The number of aryl methyl sites for hydroxylation is 1. The van der Waals surface area contributed by atoms with E-state index in [1.807, 2.05) is 36.1 Å². The Morgan fingerprint density at radius 3 is 2.43 bits per heavy atom. The number of nitrogens with two attached hydrogens (primary N) is 1. The molecule has 0 spiro atoms. The summed E-state index contributed by atoms with van der Waals surface area (Å²) in [4.78, 5) is 14.7. The minimum atomic E-state index is -0.148. The molecular formula is C17H27N3O. The topological polar surface area (TPSA) is 58.4 Å². The van der Waals surface area contributed by atoms with Crippen molar-refractivity contribution in [3.63, 3.8) is 0 Å². The largest absolute Gasteiger partial charge is 0.328 e. The van der Waals surface area contributed by atoms with Gasteiger partial charge in [-0.25, -0.2) is 4.79 Å². The van der Waals surface area contributed by atoms with Crippen molar-refractivity contribution in [2.75, 3.05) is 18.4 Å². The molecule has 4 heteroatoms. The van der Waals surface area contributed by atoms with Crippen molar-refractivity contribution in [2.24, 2.45) is 5.73 Å². The predicted octanol–water partition coefficient (Wildman–Crippen LogP) is 3.51. The molecule has 0 bridgehead atoms. The number of anilines is 1. The molecule has 2 rings (SSSR count). The molecule has 0 saturated heterocycles. The lowest BCUT2D eigenvalue weighted by Crippen LogP contribution is -2.56. The fourth-order valence-electron chi connectivity index (χ4n) is 3.22. The third kappa shape index (κ3) is 3.56. The van der Waals surface area contributed by atoms with Gasteiger partial charge in [0.2, 0.25) is 0 Å². The number of urea groups is 1. The Morgan fingerprint density at radius 1 is 1.29 bits per heavy atom. The number of rotatable bonds is 5. The molecule has 1 fully saturated rings. The second kappa shape index (κ2) is 6.94. The molecule has 1 aromatic carbocycles. The number of nitrogens with one attached hydrogen (secondary N) is 1. The van der Waals surface area contributed by atoms with Crippen molar-refractivity contribution >= 4 is 11.7 Å². The summed E-state index contributed by atoms with van der Waals surface area (Å²) in [5.74, 6) is 0. The van der Waals surface area contributed by atoms with E-state index in [1.165, 1.54) is 5.56 Å². The Morgan fingerprint density at radius 2 is 1.90 bits per heavy atom. The highest BCUT2D eigenvalue weighted by molar-refractivity contribution is 5.90. The molecule has 21 heavy (non-hydrogen) atoms. The van der Waals surface area contributed by atoms with Crippen LogP contribution >= 0.6 is 0 Å². The molecule has 1 aliphatic rings. The van der Waals surface area contributed by atoms with Crippen LogP contribution in [-0.2, 0) is 0 Å². The zero-order valence-corrected chi connectivity index (χ0v) is 13.2. The van der Waals surface area contributed by atoms with Crippen LogP contribution in [-0.4, -0.2) is 29.6 Å². The standard InChI is InChI=1S/C17H27N3O/c1-3-12-20(17(13-18)10-4-5-11-17)16(21)19-15-8-6-14(2)7-9-15/h6-9H,3-5,10-13,18H2,1-2H3,(H,19,21). The second-order valence-corrected chi connectivity index (χ2v) is 6.08. The first kappa shape index (κ1) is 15.8. The van der Waals surface area contributed by atoms with Crippen LogP contribution in [0.1, 0.15) is 44.6 Å². The first-order valence-corrected chi connectivity index (χ1v) is 7.96. The molecule has 4 nitrogen and oxygen atoms in total. The molecule has 116 valence electrons. The quantitative estimate of drug-likeness (QED) is 0.871. The average Bonchev–Trinajstić information content (AvgIpc) is 2.97. The fourth-order valence-corrected chi connectivity index (χ4v) is 3.22. The van der Waals surface area contributed by atoms with Gasteiger partial charge in [-0.3, -0.25) is 0 Å². The van der Waals surface area contributed by atoms with Crippen molar-refractivity contribution in [1.82, 2.24) is 4.90 Å². The van der Waals surface area contributed by atoms with E-state index in [9.17, 15) is 4.79 Å². The number of carbonyl (C=O) groups excluding carboxylic acids is 1.